The van der Waals surface area contributed by atoms with Gasteiger partial charge in [-0.2, -0.15) is 13.2 Å². The Kier molecular flexibility index (Phi) is 4.63. The lowest BCUT2D eigenvalue weighted by Crippen LogP contribution is -2.64. The predicted molar refractivity (Wildman–Crippen MR) is 84.1 cm³/mol. The summed E-state index contributed by atoms with van der Waals surface area (Å²) < 4.78 is 38.3. The van der Waals surface area contributed by atoms with Gasteiger partial charge >= 0.3 is 6.18 Å². The summed E-state index contributed by atoms with van der Waals surface area (Å²) in [5.74, 6) is -2.19. The van der Waals surface area contributed by atoms with Crippen LogP contribution in [0, 0.1) is 11.8 Å². The molecular formula is C15H18ClF3N4O. The Morgan fingerprint density at radius 1 is 1.38 bits per heavy atom. The summed E-state index contributed by atoms with van der Waals surface area (Å²) in [5, 5.41) is 7.94. The quantitative estimate of drug-likeness (QED) is 0.772. The Labute approximate surface area is 142 Å². The first-order chi connectivity index (χ1) is 11.3. The second-order valence-electron chi connectivity index (χ2n) is 6.14. The number of hydrogen-bond donors (Lipinski definition) is 3. The van der Waals surface area contributed by atoms with Crippen molar-refractivity contribution in [3.05, 3.63) is 29.3 Å². The fourth-order valence-electron chi connectivity index (χ4n) is 3.04. The van der Waals surface area contributed by atoms with Gasteiger partial charge in [0, 0.05) is 6.54 Å². The fraction of sp³-hybridized carbons (Fsp3) is 0.533. The lowest BCUT2D eigenvalue weighted by atomic mass is 9.99. The van der Waals surface area contributed by atoms with Crippen molar-refractivity contribution in [3.8, 4) is 0 Å². The van der Waals surface area contributed by atoms with Crippen molar-refractivity contribution in [1.82, 2.24) is 16.1 Å². The molecule has 132 valence electrons. The zero-order chi connectivity index (χ0) is 17.5. The number of nitrogens with zero attached hydrogens (tertiary/aromatic N) is 1. The van der Waals surface area contributed by atoms with E-state index in [0.717, 1.165) is 6.92 Å². The van der Waals surface area contributed by atoms with Crippen LogP contribution in [0.2, 0.25) is 5.02 Å². The number of alkyl halides is 3. The second-order valence-corrected chi connectivity index (χ2v) is 6.55. The number of carbonyl (C=O) groups excluding carboxylic acids is 1. The molecular weight excluding hydrogens is 345 g/mol. The summed E-state index contributed by atoms with van der Waals surface area (Å²) in [7, 11) is 0. The highest BCUT2D eigenvalue weighted by molar-refractivity contribution is 6.33. The van der Waals surface area contributed by atoms with Crippen LogP contribution in [0.5, 0.6) is 0 Å². The Hall–Kier alpha value is -1.51. The second kappa shape index (κ2) is 6.42. The van der Waals surface area contributed by atoms with Crippen molar-refractivity contribution in [3.63, 3.8) is 0 Å². The first-order valence-corrected chi connectivity index (χ1v) is 8.05. The zero-order valence-corrected chi connectivity index (χ0v) is 13.7. The maximum absolute atomic E-state index is 12.8. The van der Waals surface area contributed by atoms with Gasteiger partial charge in [-0.1, -0.05) is 30.7 Å². The van der Waals surface area contributed by atoms with Crippen LogP contribution in [0.4, 0.5) is 18.9 Å². The number of hydrogen-bond acceptors (Lipinski definition) is 4. The molecule has 3 unspecified atom stereocenters. The summed E-state index contributed by atoms with van der Waals surface area (Å²) in [6.07, 6.45) is -5.72. The van der Waals surface area contributed by atoms with E-state index in [4.69, 9.17) is 11.6 Å². The Bertz CT molecular complexity index is 627. The lowest BCUT2D eigenvalue weighted by Gasteiger charge is -2.38. The van der Waals surface area contributed by atoms with E-state index >= 15 is 0 Å². The number of anilines is 1. The van der Waals surface area contributed by atoms with Gasteiger partial charge in [0.15, 0.2) is 0 Å². The van der Waals surface area contributed by atoms with Gasteiger partial charge in [-0.05, 0) is 18.6 Å². The zero-order valence-electron chi connectivity index (χ0n) is 12.9. The van der Waals surface area contributed by atoms with E-state index in [1.165, 1.54) is 0 Å². The van der Waals surface area contributed by atoms with Gasteiger partial charge in [0.2, 0.25) is 5.91 Å². The maximum Gasteiger partial charge on any atom is 0.391 e. The molecule has 2 aliphatic rings. The van der Waals surface area contributed by atoms with E-state index in [1.807, 2.05) is 6.07 Å². The Morgan fingerprint density at radius 3 is 2.75 bits per heavy atom. The fourth-order valence-corrected chi connectivity index (χ4v) is 3.26. The third kappa shape index (κ3) is 3.31. The highest BCUT2D eigenvalue weighted by atomic mass is 35.5. The van der Waals surface area contributed by atoms with Crippen LogP contribution in [0.1, 0.15) is 13.3 Å². The van der Waals surface area contributed by atoms with E-state index in [9.17, 15) is 18.0 Å². The smallest absolute Gasteiger partial charge is 0.340 e. The minimum atomic E-state index is -4.29. The van der Waals surface area contributed by atoms with Gasteiger partial charge in [0.25, 0.3) is 0 Å². The van der Waals surface area contributed by atoms with Crippen LogP contribution in [-0.2, 0) is 4.79 Å². The molecule has 1 aromatic rings. The van der Waals surface area contributed by atoms with E-state index < -0.39 is 30.3 Å². The highest BCUT2D eigenvalue weighted by Crippen LogP contribution is 2.33. The molecule has 2 saturated heterocycles. The topological polar surface area (TPSA) is 56.4 Å². The van der Waals surface area contributed by atoms with E-state index in [2.05, 4.69) is 16.1 Å². The van der Waals surface area contributed by atoms with Gasteiger partial charge in [0.05, 0.1) is 28.7 Å². The maximum atomic E-state index is 12.8. The monoisotopic (exact) mass is 362 g/mol. The molecule has 9 heteroatoms. The standard InChI is InChI=1S/C15H18ClF3N4O/c1-8(15(17,18)19)6-12-21-13-9(14(24)22-12)7-20-23(13)11-5-3-2-4-10(11)16/h2-5,8-9,12-13,20-21H,6-7H2,1H3,(H,22,24)/t8-,9?,12?,13?/m1/s1. The largest absolute Gasteiger partial charge is 0.391 e. The molecule has 5 nitrogen and oxygen atoms in total. The van der Waals surface area contributed by atoms with Gasteiger partial charge in [-0.3, -0.25) is 15.1 Å². The molecule has 0 saturated carbocycles. The molecule has 0 aliphatic carbocycles. The van der Waals surface area contributed by atoms with Gasteiger partial charge in [-0.15, -0.1) is 0 Å². The Balaban J connectivity index is 1.77. The highest BCUT2D eigenvalue weighted by Gasteiger charge is 2.46. The lowest BCUT2D eigenvalue weighted by molar-refractivity contribution is -0.174. The molecule has 0 bridgehead atoms. The minimum Gasteiger partial charge on any atom is -0.340 e. The molecule has 2 heterocycles. The van der Waals surface area contributed by atoms with Crippen molar-refractivity contribution in [2.24, 2.45) is 11.8 Å². The molecule has 3 N–H and O–H groups in total. The molecule has 0 radical (unpaired) electrons. The normalized spacial score (nSPS) is 28.5. The number of para-hydroxylation sites is 1. The SMILES string of the molecule is C[C@H](CC1NC(=O)C2CNN(c3ccccc3Cl)C2N1)C(F)(F)F. The molecule has 0 spiro atoms. The number of nitrogens with one attached hydrogen (secondary N) is 3. The average Bonchev–Trinajstić information content (AvgIpc) is 2.91. The number of halogens is 4. The summed E-state index contributed by atoms with van der Waals surface area (Å²) in [6, 6.07) is 7.10. The first-order valence-electron chi connectivity index (χ1n) is 7.68. The molecule has 4 atom stereocenters. The minimum absolute atomic E-state index is 0.227. The molecule has 2 aliphatic heterocycles. The van der Waals surface area contributed by atoms with Crippen molar-refractivity contribution < 1.29 is 18.0 Å². The first kappa shape index (κ1) is 17.3. The molecule has 24 heavy (non-hydrogen) atoms. The van der Waals surface area contributed by atoms with Crippen LogP contribution < -0.4 is 21.1 Å². The molecule has 1 amide bonds. The number of benzene rings is 1. The van der Waals surface area contributed by atoms with Crippen molar-refractivity contribution in [1.29, 1.82) is 0 Å². The summed E-state index contributed by atoms with van der Waals surface area (Å²) >= 11 is 6.19. The molecule has 0 aromatic heterocycles. The number of fused-ring (bicyclic) bond motifs is 1. The third-order valence-electron chi connectivity index (χ3n) is 4.43. The molecule has 3 rings (SSSR count). The van der Waals surface area contributed by atoms with Crippen LogP contribution in [0.15, 0.2) is 24.3 Å². The van der Waals surface area contributed by atoms with Crippen LogP contribution in [0.3, 0.4) is 0 Å². The third-order valence-corrected chi connectivity index (χ3v) is 4.75. The average molecular weight is 363 g/mol. The predicted octanol–water partition coefficient (Wildman–Crippen LogP) is 2.24. The number of carbonyl (C=O) groups is 1. The van der Waals surface area contributed by atoms with E-state index in [1.54, 1.807) is 23.2 Å². The van der Waals surface area contributed by atoms with E-state index in [0.29, 0.717) is 17.3 Å². The number of hydrazine groups is 1. The van der Waals surface area contributed by atoms with Crippen LogP contribution in [0.25, 0.3) is 0 Å². The van der Waals surface area contributed by atoms with Gasteiger partial charge < -0.3 is 5.32 Å². The van der Waals surface area contributed by atoms with Crippen molar-refractivity contribution >= 4 is 23.2 Å². The summed E-state index contributed by atoms with van der Waals surface area (Å²) in [6.45, 7) is 1.49. The molecule has 1 aromatic carbocycles. The van der Waals surface area contributed by atoms with Gasteiger partial charge in [0.1, 0.15) is 6.17 Å². The van der Waals surface area contributed by atoms with E-state index in [-0.39, 0.29) is 12.3 Å². The van der Waals surface area contributed by atoms with Crippen LogP contribution >= 0.6 is 11.6 Å². The summed E-state index contributed by atoms with van der Waals surface area (Å²) in [5.41, 5.74) is 3.77. The Morgan fingerprint density at radius 2 is 2.08 bits per heavy atom. The number of rotatable bonds is 3. The van der Waals surface area contributed by atoms with Gasteiger partial charge in [-0.25, -0.2) is 5.43 Å². The number of amides is 1. The van der Waals surface area contributed by atoms with Crippen molar-refractivity contribution in [2.75, 3.05) is 11.6 Å². The van der Waals surface area contributed by atoms with Crippen molar-refractivity contribution in [2.45, 2.75) is 31.9 Å². The molecule has 2 fully saturated rings. The van der Waals surface area contributed by atoms with Crippen LogP contribution in [-0.4, -0.2) is 31.0 Å². The summed E-state index contributed by atoms with van der Waals surface area (Å²) in [4.78, 5) is 12.2.